The van der Waals surface area contributed by atoms with Gasteiger partial charge < -0.3 is 14.6 Å². The van der Waals surface area contributed by atoms with Crippen molar-refractivity contribution in [3.8, 4) is 0 Å². The number of hydrogen-bond acceptors (Lipinski definition) is 5. The predicted octanol–water partition coefficient (Wildman–Crippen LogP) is 1.45. The van der Waals surface area contributed by atoms with Gasteiger partial charge in [0.25, 0.3) is 5.91 Å². The fourth-order valence-corrected chi connectivity index (χ4v) is 5.23. The van der Waals surface area contributed by atoms with E-state index in [-0.39, 0.29) is 43.0 Å². The van der Waals surface area contributed by atoms with Gasteiger partial charge in [0.15, 0.2) is 5.76 Å². The van der Waals surface area contributed by atoms with E-state index >= 15 is 0 Å². The third-order valence-electron chi connectivity index (χ3n) is 5.59. The van der Waals surface area contributed by atoms with Crippen LogP contribution in [0.15, 0.2) is 22.8 Å². The van der Waals surface area contributed by atoms with Crippen LogP contribution in [0.25, 0.3) is 0 Å². The standard InChI is InChI=1S/C19H29N3O5S/c23-18(8-7-16-4-1-2-5-16)20-9-15-28(25,26)22-12-10-21(11-13-22)19(24)17-6-3-14-27-17/h3,6,14,16H,1-2,4-5,7-13,15H2,(H,20,23). The van der Waals surface area contributed by atoms with Gasteiger partial charge in [-0.1, -0.05) is 25.7 Å². The SMILES string of the molecule is O=C(CCC1CCCC1)NCCS(=O)(=O)N1CCN(C(=O)c2ccco2)CC1. The minimum Gasteiger partial charge on any atom is -0.459 e. The predicted molar refractivity (Wildman–Crippen MR) is 104 cm³/mol. The number of piperazine rings is 1. The molecule has 156 valence electrons. The van der Waals surface area contributed by atoms with Crippen LogP contribution in [-0.2, 0) is 14.8 Å². The van der Waals surface area contributed by atoms with Crippen molar-refractivity contribution >= 4 is 21.8 Å². The summed E-state index contributed by atoms with van der Waals surface area (Å²) in [5.41, 5.74) is 0. The smallest absolute Gasteiger partial charge is 0.289 e. The summed E-state index contributed by atoms with van der Waals surface area (Å²) in [5.74, 6) is 0.493. The highest BCUT2D eigenvalue weighted by Gasteiger charge is 2.29. The molecule has 8 nitrogen and oxygen atoms in total. The molecule has 0 spiro atoms. The molecule has 1 aliphatic carbocycles. The average Bonchev–Trinajstić information content (AvgIpc) is 3.39. The van der Waals surface area contributed by atoms with Gasteiger partial charge in [-0.3, -0.25) is 9.59 Å². The molecular formula is C19H29N3O5S. The fourth-order valence-electron chi connectivity index (χ4n) is 3.90. The molecule has 1 saturated carbocycles. The van der Waals surface area contributed by atoms with E-state index in [1.54, 1.807) is 17.0 Å². The largest absolute Gasteiger partial charge is 0.459 e. The topological polar surface area (TPSA) is 99.9 Å². The molecule has 3 rings (SSSR count). The van der Waals surface area contributed by atoms with Gasteiger partial charge in [0.1, 0.15) is 0 Å². The van der Waals surface area contributed by atoms with E-state index in [1.807, 2.05) is 0 Å². The number of carbonyl (C=O) groups is 2. The summed E-state index contributed by atoms with van der Waals surface area (Å²) in [4.78, 5) is 25.8. The van der Waals surface area contributed by atoms with Crippen molar-refractivity contribution in [2.24, 2.45) is 5.92 Å². The number of amides is 2. The van der Waals surface area contributed by atoms with Gasteiger partial charge in [-0.25, -0.2) is 8.42 Å². The Morgan fingerprint density at radius 1 is 1.14 bits per heavy atom. The van der Waals surface area contributed by atoms with Gasteiger partial charge in [-0.05, 0) is 24.5 Å². The Labute approximate surface area is 166 Å². The van der Waals surface area contributed by atoms with Crippen molar-refractivity contribution < 1.29 is 22.4 Å². The zero-order chi connectivity index (χ0) is 20.0. The maximum absolute atomic E-state index is 12.5. The van der Waals surface area contributed by atoms with E-state index in [4.69, 9.17) is 4.42 Å². The van der Waals surface area contributed by atoms with Crippen LogP contribution in [0.4, 0.5) is 0 Å². The van der Waals surface area contributed by atoms with E-state index in [2.05, 4.69) is 5.32 Å². The molecule has 1 aromatic heterocycles. The minimum absolute atomic E-state index is 0.0732. The first kappa shape index (κ1) is 20.9. The molecule has 9 heteroatoms. The third-order valence-corrected chi connectivity index (χ3v) is 7.46. The molecular weight excluding hydrogens is 382 g/mol. The molecule has 0 aromatic carbocycles. The molecule has 1 saturated heterocycles. The Balaban J connectivity index is 1.36. The van der Waals surface area contributed by atoms with Crippen LogP contribution in [0, 0.1) is 5.92 Å². The average molecular weight is 412 g/mol. The van der Waals surface area contributed by atoms with Gasteiger partial charge in [-0.2, -0.15) is 4.31 Å². The molecule has 1 N–H and O–H groups in total. The van der Waals surface area contributed by atoms with E-state index in [0.717, 1.165) is 6.42 Å². The monoisotopic (exact) mass is 411 g/mol. The first-order valence-corrected chi connectivity index (χ1v) is 11.6. The van der Waals surface area contributed by atoms with Gasteiger partial charge in [-0.15, -0.1) is 0 Å². The normalized spacial score (nSPS) is 19.1. The van der Waals surface area contributed by atoms with Crippen LogP contribution >= 0.6 is 0 Å². The number of hydrogen-bond donors (Lipinski definition) is 1. The van der Waals surface area contributed by atoms with Crippen LogP contribution < -0.4 is 5.32 Å². The minimum atomic E-state index is -3.46. The van der Waals surface area contributed by atoms with Crippen molar-refractivity contribution in [3.63, 3.8) is 0 Å². The summed E-state index contributed by atoms with van der Waals surface area (Å²) in [5, 5.41) is 2.73. The number of sulfonamides is 1. The second-order valence-corrected chi connectivity index (χ2v) is 9.61. The summed E-state index contributed by atoms with van der Waals surface area (Å²) in [6, 6.07) is 3.25. The van der Waals surface area contributed by atoms with Crippen LogP contribution in [0.2, 0.25) is 0 Å². The fraction of sp³-hybridized carbons (Fsp3) is 0.684. The lowest BCUT2D eigenvalue weighted by Crippen LogP contribution is -2.51. The Morgan fingerprint density at radius 2 is 1.86 bits per heavy atom. The number of nitrogens with one attached hydrogen (secondary N) is 1. The Bertz CT molecular complexity index is 749. The highest BCUT2D eigenvalue weighted by molar-refractivity contribution is 7.89. The van der Waals surface area contributed by atoms with Crippen molar-refractivity contribution in [3.05, 3.63) is 24.2 Å². The third kappa shape index (κ3) is 5.57. The van der Waals surface area contributed by atoms with E-state index in [1.165, 1.54) is 36.3 Å². The maximum Gasteiger partial charge on any atom is 0.289 e. The highest BCUT2D eigenvalue weighted by atomic mass is 32.2. The lowest BCUT2D eigenvalue weighted by atomic mass is 10.0. The second kappa shape index (κ2) is 9.56. The van der Waals surface area contributed by atoms with Crippen molar-refractivity contribution in [1.29, 1.82) is 0 Å². The molecule has 0 bridgehead atoms. The molecule has 2 aliphatic rings. The first-order valence-electron chi connectivity index (χ1n) is 10.0. The van der Waals surface area contributed by atoms with Crippen LogP contribution in [0.3, 0.4) is 0 Å². The summed E-state index contributed by atoms with van der Waals surface area (Å²) in [7, 11) is -3.46. The van der Waals surface area contributed by atoms with Gasteiger partial charge >= 0.3 is 0 Å². The maximum atomic E-state index is 12.5. The molecule has 28 heavy (non-hydrogen) atoms. The molecule has 0 unspecified atom stereocenters. The Morgan fingerprint density at radius 3 is 2.50 bits per heavy atom. The molecule has 0 radical (unpaired) electrons. The summed E-state index contributed by atoms with van der Waals surface area (Å²) in [6.45, 7) is 1.28. The van der Waals surface area contributed by atoms with Crippen molar-refractivity contribution in [2.45, 2.75) is 38.5 Å². The van der Waals surface area contributed by atoms with Crippen LogP contribution in [0.5, 0.6) is 0 Å². The van der Waals surface area contributed by atoms with E-state index in [9.17, 15) is 18.0 Å². The van der Waals surface area contributed by atoms with Gasteiger partial charge in [0.2, 0.25) is 15.9 Å². The number of carbonyl (C=O) groups excluding carboxylic acids is 2. The Kier molecular flexibility index (Phi) is 7.12. The summed E-state index contributed by atoms with van der Waals surface area (Å²) >= 11 is 0. The second-order valence-electron chi connectivity index (χ2n) is 7.52. The van der Waals surface area contributed by atoms with Crippen molar-refractivity contribution in [2.75, 3.05) is 38.5 Å². The Hall–Kier alpha value is -1.87. The van der Waals surface area contributed by atoms with Crippen molar-refractivity contribution in [1.82, 2.24) is 14.5 Å². The summed E-state index contributed by atoms with van der Waals surface area (Å²) in [6.07, 6.45) is 7.72. The first-order chi connectivity index (χ1) is 13.5. The number of nitrogens with zero attached hydrogens (tertiary/aromatic N) is 2. The lowest BCUT2D eigenvalue weighted by Gasteiger charge is -2.33. The highest BCUT2D eigenvalue weighted by Crippen LogP contribution is 2.28. The van der Waals surface area contributed by atoms with Crippen LogP contribution in [-0.4, -0.2) is 67.9 Å². The van der Waals surface area contributed by atoms with E-state index < -0.39 is 10.0 Å². The quantitative estimate of drug-likeness (QED) is 0.698. The van der Waals surface area contributed by atoms with Crippen LogP contribution in [0.1, 0.15) is 49.1 Å². The molecule has 2 heterocycles. The molecule has 0 atom stereocenters. The molecule has 2 amide bonds. The van der Waals surface area contributed by atoms with E-state index in [0.29, 0.717) is 25.4 Å². The molecule has 1 aromatic rings. The summed E-state index contributed by atoms with van der Waals surface area (Å²) < 4.78 is 31.5. The molecule has 1 aliphatic heterocycles. The molecule has 2 fully saturated rings. The lowest BCUT2D eigenvalue weighted by molar-refractivity contribution is -0.121. The number of furan rings is 1. The zero-order valence-corrected chi connectivity index (χ0v) is 17.0. The van der Waals surface area contributed by atoms with Gasteiger partial charge in [0.05, 0.1) is 12.0 Å². The van der Waals surface area contributed by atoms with Gasteiger partial charge in [0, 0.05) is 39.1 Å². The zero-order valence-electron chi connectivity index (χ0n) is 16.1. The number of rotatable bonds is 8.